The molecule has 0 unspecified atom stereocenters. The Balaban J connectivity index is 1.84. The van der Waals surface area contributed by atoms with Gasteiger partial charge in [-0.05, 0) is 20.8 Å². The van der Waals surface area contributed by atoms with Crippen molar-refractivity contribution in [2.45, 2.75) is 37.3 Å². The highest BCUT2D eigenvalue weighted by atomic mass is 32.2. The van der Waals surface area contributed by atoms with Crippen LogP contribution >= 0.6 is 23.1 Å². The van der Waals surface area contributed by atoms with Crippen LogP contribution in [0.4, 0.5) is 0 Å². The highest BCUT2D eigenvalue weighted by Gasteiger charge is 2.25. The van der Waals surface area contributed by atoms with E-state index in [0.29, 0.717) is 18.8 Å². The van der Waals surface area contributed by atoms with Crippen LogP contribution in [0.1, 0.15) is 18.9 Å². The number of nitrogens with zero attached hydrogens (tertiary/aromatic N) is 3. The van der Waals surface area contributed by atoms with Crippen molar-refractivity contribution in [3.63, 3.8) is 0 Å². The standard InChI is InChI=1S/C11H17N3O2S2/c1-7-4-14(5-8(2)16-7)10(15)6-17-11-13-12-9(3)18-11/h7-8H,4-6H2,1-3H3/t7-,8+. The average molecular weight is 287 g/mol. The minimum atomic E-state index is 0.117. The minimum absolute atomic E-state index is 0.117. The van der Waals surface area contributed by atoms with Gasteiger partial charge < -0.3 is 9.64 Å². The molecule has 2 rings (SSSR count). The number of ether oxygens (including phenoxy) is 1. The predicted molar refractivity (Wildman–Crippen MR) is 72.0 cm³/mol. The predicted octanol–water partition coefficient (Wildman–Crippen LogP) is 1.57. The van der Waals surface area contributed by atoms with E-state index in [0.717, 1.165) is 9.35 Å². The van der Waals surface area contributed by atoms with Gasteiger partial charge in [0.1, 0.15) is 5.01 Å². The Morgan fingerprint density at radius 2 is 2.11 bits per heavy atom. The van der Waals surface area contributed by atoms with Gasteiger partial charge in [-0.2, -0.15) is 0 Å². The molecule has 7 heteroatoms. The van der Waals surface area contributed by atoms with E-state index in [4.69, 9.17) is 4.74 Å². The maximum Gasteiger partial charge on any atom is 0.233 e. The Labute approximate surface area is 115 Å². The minimum Gasteiger partial charge on any atom is -0.372 e. The second-order valence-electron chi connectivity index (χ2n) is 4.43. The van der Waals surface area contributed by atoms with Crippen LogP contribution in [0, 0.1) is 6.92 Å². The van der Waals surface area contributed by atoms with Crippen molar-refractivity contribution in [2.75, 3.05) is 18.8 Å². The number of hydrogen-bond donors (Lipinski definition) is 0. The zero-order valence-electron chi connectivity index (χ0n) is 10.8. The SMILES string of the molecule is Cc1nnc(SCC(=O)N2C[C@@H](C)O[C@@H](C)C2)s1. The molecule has 0 saturated carbocycles. The normalized spacial score (nSPS) is 24.3. The molecule has 1 fully saturated rings. The summed E-state index contributed by atoms with van der Waals surface area (Å²) >= 11 is 2.98. The van der Waals surface area contributed by atoms with Crippen molar-refractivity contribution in [1.29, 1.82) is 0 Å². The van der Waals surface area contributed by atoms with E-state index in [2.05, 4.69) is 10.2 Å². The number of aryl methyl sites for hydroxylation is 1. The molecular weight excluding hydrogens is 270 g/mol. The van der Waals surface area contributed by atoms with Crippen molar-refractivity contribution >= 4 is 29.0 Å². The van der Waals surface area contributed by atoms with Gasteiger partial charge in [-0.1, -0.05) is 23.1 Å². The molecule has 1 aliphatic heterocycles. The summed E-state index contributed by atoms with van der Waals surface area (Å²) in [4.78, 5) is 14.0. The topological polar surface area (TPSA) is 55.3 Å². The van der Waals surface area contributed by atoms with E-state index >= 15 is 0 Å². The molecule has 0 N–H and O–H groups in total. The molecule has 0 spiro atoms. The fourth-order valence-electron chi connectivity index (χ4n) is 1.93. The fraction of sp³-hybridized carbons (Fsp3) is 0.727. The summed E-state index contributed by atoms with van der Waals surface area (Å²) in [6, 6.07) is 0. The van der Waals surface area contributed by atoms with Crippen LogP contribution in [0.25, 0.3) is 0 Å². The lowest BCUT2D eigenvalue weighted by atomic mass is 10.2. The van der Waals surface area contributed by atoms with Crippen molar-refractivity contribution in [3.8, 4) is 0 Å². The first-order valence-corrected chi connectivity index (χ1v) is 7.71. The summed E-state index contributed by atoms with van der Waals surface area (Å²) in [5.74, 6) is 0.573. The van der Waals surface area contributed by atoms with Gasteiger partial charge in [0.2, 0.25) is 5.91 Å². The van der Waals surface area contributed by atoms with Crippen LogP contribution < -0.4 is 0 Å². The Morgan fingerprint density at radius 3 is 2.67 bits per heavy atom. The van der Waals surface area contributed by atoms with E-state index in [1.807, 2.05) is 25.7 Å². The Bertz CT molecular complexity index is 414. The summed E-state index contributed by atoms with van der Waals surface area (Å²) in [5, 5.41) is 8.86. The summed E-state index contributed by atoms with van der Waals surface area (Å²) < 4.78 is 6.47. The second-order valence-corrected chi connectivity index (χ2v) is 6.84. The number of aromatic nitrogens is 2. The van der Waals surface area contributed by atoms with Crippen LogP contribution in [-0.2, 0) is 9.53 Å². The zero-order chi connectivity index (χ0) is 13.1. The van der Waals surface area contributed by atoms with Gasteiger partial charge in [-0.25, -0.2) is 0 Å². The van der Waals surface area contributed by atoms with Crippen LogP contribution in [-0.4, -0.2) is 52.1 Å². The first-order valence-electron chi connectivity index (χ1n) is 5.90. The first-order chi connectivity index (χ1) is 8.54. The van der Waals surface area contributed by atoms with E-state index < -0.39 is 0 Å². The quantitative estimate of drug-likeness (QED) is 0.790. The third-order valence-corrected chi connectivity index (χ3v) is 4.56. The van der Waals surface area contributed by atoms with Crippen molar-refractivity contribution in [1.82, 2.24) is 15.1 Å². The maximum atomic E-state index is 12.1. The Kier molecular flexibility index (Phi) is 4.58. The molecule has 5 nitrogen and oxygen atoms in total. The smallest absolute Gasteiger partial charge is 0.233 e. The molecule has 1 aromatic heterocycles. The number of carbonyl (C=O) groups is 1. The molecule has 18 heavy (non-hydrogen) atoms. The largest absolute Gasteiger partial charge is 0.372 e. The van der Waals surface area contributed by atoms with Gasteiger partial charge >= 0.3 is 0 Å². The molecule has 1 aromatic rings. The molecule has 1 aliphatic rings. The third kappa shape index (κ3) is 3.66. The van der Waals surface area contributed by atoms with Gasteiger partial charge in [0.05, 0.1) is 18.0 Å². The van der Waals surface area contributed by atoms with E-state index in [9.17, 15) is 4.79 Å². The average Bonchev–Trinajstić information content (AvgIpc) is 2.70. The van der Waals surface area contributed by atoms with E-state index in [-0.39, 0.29) is 18.1 Å². The monoisotopic (exact) mass is 287 g/mol. The van der Waals surface area contributed by atoms with E-state index in [1.54, 1.807) is 0 Å². The lowest BCUT2D eigenvalue weighted by Gasteiger charge is -2.35. The van der Waals surface area contributed by atoms with Crippen molar-refractivity contribution in [2.24, 2.45) is 0 Å². The molecule has 0 aliphatic carbocycles. The highest BCUT2D eigenvalue weighted by molar-refractivity contribution is 8.01. The van der Waals surface area contributed by atoms with Crippen molar-refractivity contribution < 1.29 is 9.53 Å². The molecule has 1 amide bonds. The van der Waals surface area contributed by atoms with Gasteiger partial charge in [-0.15, -0.1) is 10.2 Å². The highest BCUT2D eigenvalue weighted by Crippen LogP contribution is 2.22. The second kappa shape index (κ2) is 5.99. The molecule has 0 bridgehead atoms. The molecule has 0 aromatic carbocycles. The van der Waals surface area contributed by atoms with Crippen LogP contribution in [0.2, 0.25) is 0 Å². The zero-order valence-corrected chi connectivity index (χ0v) is 12.4. The molecule has 2 heterocycles. The van der Waals surface area contributed by atoms with Gasteiger partial charge in [0.15, 0.2) is 4.34 Å². The fourth-order valence-corrected chi connectivity index (χ4v) is 3.65. The van der Waals surface area contributed by atoms with Gasteiger partial charge in [0, 0.05) is 13.1 Å². The van der Waals surface area contributed by atoms with Crippen LogP contribution in [0.5, 0.6) is 0 Å². The summed E-state index contributed by atoms with van der Waals surface area (Å²) in [5.41, 5.74) is 0. The first kappa shape index (κ1) is 13.8. The lowest BCUT2D eigenvalue weighted by Crippen LogP contribution is -2.48. The molecule has 2 atom stereocenters. The summed E-state index contributed by atoms with van der Waals surface area (Å²) in [6.45, 7) is 7.26. The molecule has 0 radical (unpaired) electrons. The summed E-state index contributed by atoms with van der Waals surface area (Å²) in [6.07, 6.45) is 0.234. The number of morpholine rings is 1. The molecule has 100 valence electrons. The summed E-state index contributed by atoms with van der Waals surface area (Å²) in [7, 11) is 0. The maximum absolute atomic E-state index is 12.1. The van der Waals surface area contributed by atoms with Crippen LogP contribution in [0.3, 0.4) is 0 Å². The number of rotatable bonds is 3. The lowest BCUT2D eigenvalue weighted by molar-refractivity contribution is -0.140. The van der Waals surface area contributed by atoms with E-state index in [1.165, 1.54) is 23.1 Å². The van der Waals surface area contributed by atoms with Crippen LogP contribution in [0.15, 0.2) is 4.34 Å². The number of amides is 1. The number of carbonyl (C=O) groups excluding carboxylic acids is 1. The molecular formula is C11H17N3O2S2. The van der Waals surface area contributed by atoms with Gasteiger partial charge in [0.25, 0.3) is 0 Å². The number of thioether (sulfide) groups is 1. The third-order valence-electron chi connectivity index (χ3n) is 2.60. The van der Waals surface area contributed by atoms with Gasteiger partial charge in [-0.3, -0.25) is 4.79 Å². The number of hydrogen-bond acceptors (Lipinski definition) is 6. The Hall–Kier alpha value is -0.660. The van der Waals surface area contributed by atoms with Crippen molar-refractivity contribution in [3.05, 3.63) is 5.01 Å². The molecule has 1 saturated heterocycles. The Morgan fingerprint density at radius 1 is 1.44 bits per heavy atom.